The number of aliphatic hydroxyl groups is 1. The fourth-order valence-electron chi connectivity index (χ4n) is 2.49. The van der Waals surface area contributed by atoms with Gasteiger partial charge in [-0.25, -0.2) is 0 Å². The molecule has 0 aliphatic rings. The third-order valence-corrected chi connectivity index (χ3v) is 3.90. The predicted molar refractivity (Wildman–Crippen MR) is 83.6 cm³/mol. The zero-order valence-electron chi connectivity index (χ0n) is 11.7. The molecule has 0 saturated carbocycles. The minimum Gasteiger partial charge on any atom is -0.386 e. The van der Waals surface area contributed by atoms with Gasteiger partial charge < -0.3 is 5.11 Å². The van der Waals surface area contributed by atoms with Crippen molar-refractivity contribution in [2.24, 2.45) is 0 Å². The molecular weight excluding hydrogens is 293 g/mol. The lowest BCUT2D eigenvalue weighted by Crippen LogP contribution is -2.07. The first kappa shape index (κ1) is 15.3. The van der Waals surface area contributed by atoms with Crippen LogP contribution in [0.2, 0.25) is 10.0 Å². The van der Waals surface area contributed by atoms with Crippen LogP contribution in [0.4, 0.5) is 0 Å². The van der Waals surface area contributed by atoms with Gasteiger partial charge in [0.05, 0.1) is 15.7 Å². The van der Waals surface area contributed by atoms with Gasteiger partial charge in [-0.2, -0.15) is 0 Å². The van der Waals surface area contributed by atoms with Crippen molar-refractivity contribution in [3.63, 3.8) is 0 Å². The van der Waals surface area contributed by atoms with Crippen molar-refractivity contribution in [1.82, 2.24) is 4.98 Å². The maximum Gasteiger partial charge on any atom is 0.101 e. The lowest BCUT2D eigenvalue weighted by molar-refractivity contribution is 0.173. The number of aromatic nitrogens is 1. The van der Waals surface area contributed by atoms with Gasteiger partial charge in [0.25, 0.3) is 0 Å². The summed E-state index contributed by atoms with van der Waals surface area (Å²) in [5.74, 6) is 0. The van der Waals surface area contributed by atoms with Gasteiger partial charge in [0.15, 0.2) is 0 Å². The Morgan fingerprint density at radius 3 is 2.25 bits per heavy atom. The van der Waals surface area contributed by atoms with Gasteiger partial charge >= 0.3 is 0 Å². The van der Waals surface area contributed by atoms with Crippen LogP contribution >= 0.6 is 23.2 Å². The number of aryl methyl sites for hydroxylation is 3. The van der Waals surface area contributed by atoms with Crippen molar-refractivity contribution in [2.45, 2.75) is 33.3 Å². The summed E-state index contributed by atoms with van der Waals surface area (Å²) in [5.41, 5.74) is 5.17. The van der Waals surface area contributed by atoms with E-state index >= 15 is 0 Å². The number of aliphatic hydroxyl groups excluding tert-OH is 1. The third kappa shape index (κ3) is 3.32. The molecule has 1 aromatic heterocycles. The van der Waals surface area contributed by atoms with E-state index in [1.165, 1.54) is 22.9 Å². The first-order chi connectivity index (χ1) is 9.38. The minimum absolute atomic E-state index is 0.396. The lowest BCUT2D eigenvalue weighted by atomic mass is 9.94. The zero-order valence-corrected chi connectivity index (χ0v) is 13.3. The normalized spacial score (nSPS) is 12.5. The van der Waals surface area contributed by atoms with Crippen molar-refractivity contribution in [2.75, 3.05) is 0 Å². The SMILES string of the molecule is Cc1cc(C)c(CC(O)c2ncc(Cl)cc2Cl)c(C)c1. The monoisotopic (exact) mass is 309 g/mol. The summed E-state index contributed by atoms with van der Waals surface area (Å²) in [6.07, 6.45) is 1.26. The molecule has 2 rings (SSSR count). The molecule has 106 valence electrons. The van der Waals surface area contributed by atoms with Gasteiger partial charge in [0.1, 0.15) is 6.10 Å². The quantitative estimate of drug-likeness (QED) is 0.899. The zero-order chi connectivity index (χ0) is 14.9. The van der Waals surface area contributed by atoms with E-state index in [0.29, 0.717) is 22.2 Å². The highest BCUT2D eigenvalue weighted by molar-refractivity contribution is 6.34. The molecule has 20 heavy (non-hydrogen) atoms. The fraction of sp³-hybridized carbons (Fsp3) is 0.312. The van der Waals surface area contributed by atoms with Crippen molar-refractivity contribution in [1.29, 1.82) is 0 Å². The Hall–Kier alpha value is -1.09. The Bertz CT molecular complexity index is 617. The largest absolute Gasteiger partial charge is 0.386 e. The van der Waals surface area contributed by atoms with E-state index in [9.17, 15) is 5.11 Å². The molecule has 0 amide bonds. The number of pyridine rings is 1. The van der Waals surface area contributed by atoms with Crippen molar-refractivity contribution in [3.05, 3.63) is 62.4 Å². The molecule has 2 aromatic rings. The van der Waals surface area contributed by atoms with Gasteiger partial charge in [-0.1, -0.05) is 40.9 Å². The second-order valence-corrected chi connectivity index (χ2v) is 5.96. The molecule has 1 atom stereocenters. The predicted octanol–water partition coefficient (Wildman–Crippen LogP) is 4.59. The molecule has 1 N–H and O–H groups in total. The summed E-state index contributed by atoms with van der Waals surface area (Å²) in [7, 11) is 0. The van der Waals surface area contributed by atoms with E-state index in [2.05, 4.69) is 37.9 Å². The van der Waals surface area contributed by atoms with E-state index < -0.39 is 6.10 Å². The molecule has 1 heterocycles. The number of nitrogens with zero attached hydrogens (tertiary/aromatic N) is 1. The molecule has 0 saturated heterocycles. The molecule has 0 aliphatic carbocycles. The summed E-state index contributed by atoms with van der Waals surface area (Å²) in [4.78, 5) is 4.14. The smallest absolute Gasteiger partial charge is 0.101 e. The van der Waals surface area contributed by atoms with Gasteiger partial charge in [-0.05, 0) is 43.5 Å². The molecule has 0 aliphatic heterocycles. The molecule has 1 unspecified atom stereocenters. The second-order valence-electron chi connectivity index (χ2n) is 5.12. The van der Waals surface area contributed by atoms with Crippen molar-refractivity contribution in [3.8, 4) is 0 Å². The van der Waals surface area contributed by atoms with Gasteiger partial charge in [-0.15, -0.1) is 0 Å². The van der Waals surface area contributed by atoms with E-state index in [4.69, 9.17) is 23.2 Å². The van der Waals surface area contributed by atoms with Crippen LogP contribution in [0.3, 0.4) is 0 Å². The summed E-state index contributed by atoms with van der Waals surface area (Å²) in [6, 6.07) is 5.83. The first-order valence-corrected chi connectivity index (χ1v) is 7.20. The third-order valence-electron chi connectivity index (χ3n) is 3.39. The highest BCUT2D eigenvalue weighted by atomic mass is 35.5. The summed E-state index contributed by atoms with van der Waals surface area (Å²) in [6.45, 7) is 6.18. The molecular formula is C16H17Cl2NO. The molecule has 0 bridgehead atoms. The van der Waals surface area contributed by atoms with Gasteiger partial charge in [0, 0.05) is 12.6 Å². The van der Waals surface area contributed by atoms with Crippen LogP contribution in [0.15, 0.2) is 24.4 Å². The first-order valence-electron chi connectivity index (χ1n) is 6.44. The van der Waals surface area contributed by atoms with Crippen LogP contribution in [0.1, 0.15) is 34.1 Å². The van der Waals surface area contributed by atoms with Crippen LogP contribution in [-0.4, -0.2) is 10.1 Å². The standard InChI is InChI=1S/C16H17Cl2NO/c1-9-4-10(2)13(11(3)5-9)7-15(20)16-14(18)6-12(17)8-19-16/h4-6,8,15,20H,7H2,1-3H3. The van der Waals surface area contributed by atoms with Crippen molar-refractivity contribution >= 4 is 23.2 Å². The number of halogens is 2. The van der Waals surface area contributed by atoms with Crippen LogP contribution in [0.25, 0.3) is 0 Å². The number of rotatable bonds is 3. The highest BCUT2D eigenvalue weighted by Gasteiger charge is 2.16. The fourth-order valence-corrected chi connectivity index (χ4v) is 3.00. The van der Waals surface area contributed by atoms with E-state index in [1.54, 1.807) is 6.07 Å². The Morgan fingerprint density at radius 2 is 1.70 bits per heavy atom. The average Bonchev–Trinajstić information content (AvgIpc) is 2.33. The maximum absolute atomic E-state index is 10.4. The van der Waals surface area contributed by atoms with Crippen LogP contribution in [-0.2, 0) is 6.42 Å². The van der Waals surface area contributed by atoms with Crippen LogP contribution < -0.4 is 0 Å². The molecule has 2 nitrogen and oxygen atoms in total. The maximum atomic E-state index is 10.4. The Morgan fingerprint density at radius 1 is 1.10 bits per heavy atom. The second kappa shape index (κ2) is 6.13. The Balaban J connectivity index is 2.30. The van der Waals surface area contributed by atoms with E-state index in [-0.39, 0.29) is 0 Å². The topological polar surface area (TPSA) is 33.1 Å². The number of hydrogen-bond acceptors (Lipinski definition) is 2. The highest BCUT2D eigenvalue weighted by Crippen LogP contribution is 2.28. The molecule has 1 aromatic carbocycles. The number of hydrogen-bond donors (Lipinski definition) is 1. The van der Waals surface area contributed by atoms with Crippen LogP contribution in [0.5, 0.6) is 0 Å². The van der Waals surface area contributed by atoms with Gasteiger partial charge in [0.2, 0.25) is 0 Å². The summed E-state index contributed by atoms with van der Waals surface area (Å²) < 4.78 is 0. The lowest BCUT2D eigenvalue weighted by Gasteiger charge is -2.16. The van der Waals surface area contributed by atoms with Crippen LogP contribution in [0, 0.1) is 20.8 Å². The van der Waals surface area contributed by atoms with Crippen molar-refractivity contribution < 1.29 is 5.11 Å². The average molecular weight is 310 g/mol. The molecule has 0 fully saturated rings. The molecule has 0 radical (unpaired) electrons. The molecule has 4 heteroatoms. The Labute approximate surface area is 129 Å². The van der Waals surface area contributed by atoms with Gasteiger partial charge in [-0.3, -0.25) is 4.98 Å². The number of benzene rings is 1. The van der Waals surface area contributed by atoms with E-state index in [1.807, 2.05) is 0 Å². The Kier molecular flexibility index (Phi) is 4.69. The minimum atomic E-state index is -0.736. The summed E-state index contributed by atoms with van der Waals surface area (Å²) >= 11 is 11.9. The summed E-state index contributed by atoms with van der Waals surface area (Å²) in [5, 5.41) is 11.2. The van der Waals surface area contributed by atoms with E-state index in [0.717, 1.165) is 5.56 Å². The molecule has 0 spiro atoms.